The first-order chi connectivity index (χ1) is 9.15. The molecule has 0 aromatic heterocycles. The second kappa shape index (κ2) is 8.91. The van der Waals surface area contributed by atoms with Gasteiger partial charge in [-0.05, 0) is 31.9 Å². The van der Waals surface area contributed by atoms with E-state index in [1.165, 1.54) is 5.56 Å². The lowest BCUT2D eigenvalue weighted by molar-refractivity contribution is 0.0246. The van der Waals surface area contributed by atoms with Crippen LogP contribution in [0.4, 0.5) is 0 Å². The summed E-state index contributed by atoms with van der Waals surface area (Å²) in [5.41, 5.74) is 3.56. The zero-order valence-electron chi connectivity index (χ0n) is 12.1. The molecule has 1 N–H and O–H groups in total. The molecule has 0 saturated carbocycles. The molecule has 0 saturated heterocycles. The quantitative estimate of drug-likeness (QED) is 0.696. The standard InChI is InChI=1S/C15H24O4/c1-12-10-13(2)15(14(3)11-12)19-9-8-18-7-6-17-5-4-16/h10-11,16H,4-9H2,1-3H3. The van der Waals surface area contributed by atoms with E-state index in [2.05, 4.69) is 32.9 Å². The Morgan fingerprint density at radius 2 is 1.37 bits per heavy atom. The van der Waals surface area contributed by atoms with Crippen LogP contribution in [0.2, 0.25) is 0 Å². The molecule has 0 heterocycles. The van der Waals surface area contributed by atoms with E-state index >= 15 is 0 Å². The van der Waals surface area contributed by atoms with E-state index in [4.69, 9.17) is 19.3 Å². The van der Waals surface area contributed by atoms with Crippen molar-refractivity contribution < 1.29 is 19.3 Å². The minimum Gasteiger partial charge on any atom is -0.491 e. The smallest absolute Gasteiger partial charge is 0.125 e. The molecule has 0 bridgehead atoms. The number of rotatable bonds is 9. The summed E-state index contributed by atoms with van der Waals surface area (Å²) >= 11 is 0. The summed E-state index contributed by atoms with van der Waals surface area (Å²) in [4.78, 5) is 0. The number of benzene rings is 1. The Labute approximate surface area is 115 Å². The largest absolute Gasteiger partial charge is 0.491 e. The average Bonchev–Trinajstić information content (AvgIpc) is 2.35. The molecule has 0 amide bonds. The molecule has 1 aromatic carbocycles. The van der Waals surface area contributed by atoms with E-state index in [1.807, 2.05) is 0 Å². The third-order valence-electron chi connectivity index (χ3n) is 2.69. The Balaban J connectivity index is 2.19. The molecule has 0 unspecified atom stereocenters. The molecule has 108 valence electrons. The summed E-state index contributed by atoms with van der Waals surface area (Å²) in [6.07, 6.45) is 0. The van der Waals surface area contributed by atoms with Gasteiger partial charge in [0.1, 0.15) is 12.4 Å². The molecule has 0 radical (unpaired) electrons. The van der Waals surface area contributed by atoms with Gasteiger partial charge in [0.2, 0.25) is 0 Å². The fourth-order valence-corrected chi connectivity index (χ4v) is 1.98. The number of aryl methyl sites for hydroxylation is 3. The Morgan fingerprint density at radius 3 is 1.95 bits per heavy atom. The third-order valence-corrected chi connectivity index (χ3v) is 2.69. The second-order valence-corrected chi connectivity index (χ2v) is 4.52. The maximum atomic E-state index is 8.52. The van der Waals surface area contributed by atoms with Crippen LogP contribution in [0.3, 0.4) is 0 Å². The van der Waals surface area contributed by atoms with E-state index in [1.54, 1.807) is 0 Å². The molecule has 0 spiro atoms. The van der Waals surface area contributed by atoms with Crippen LogP contribution in [0.1, 0.15) is 16.7 Å². The third kappa shape index (κ3) is 6.05. The van der Waals surface area contributed by atoms with Crippen molar-refractivity contribution in [3.63, 3.8) is 0 Å². The molecule has 0 fully saturated rings. The summed E-state index contributed by atoms with van der Waals surface area (Å²) in [5, 5.41) is 8.52. The lowest BCUT2D eigenvalue weighted by Crippen LogP contribution is -2.12. The molecule has 4 heteroatoms. The molecule has 19 heavy (non-hydrogen) atoms. The Kier molecular flexibility index (Phi) is 7.48. The number of hydrogen-bond acceptors (Lipinski definition) is 4. The Morgan fingerprint density at radius 1 is 0.842 bits per heavy atom. The second-order valence-electron chi connectivity index (χ2n) is 4.52. The lowest BCUT2D eigenvalue weighted by atomic mass is 10.1. The highest BCUT2D eigenvalue weighted by Crippen LogP contribution is 2.24. The summed E-state index contributed by atoms with van der Waals surface area (Å²) in [6.45, 7) is 8.70. The Bertz CT molecular complexity index is 353. The Hall–Kier alpha value is -1.10. The summed E-state index contributed by atoms with van der Waals surface area (Å²) in [6, 6.07) is 4.23. The van der Waals surface area contributed by atoms with E-state index in [-0.39, 0.29) is 6.61 Å². The van der Waals surface area contributed by atoms with Crippen molar-refractivity contribution in [2.75, 3.05) is 39.6 Å². The first kappa shape index (κ1) is 16.0. The van der Waals surface area contributed by atoms with Crippen molar-refractivity contribution in [1.29, 1.82) is 0 Å². The lowest BCUT2D eigenvalue weighted by Gasteiger charge is -2.13. The number of hydrogen-bond donors (Lipinski definition) is 1. The topological polar surface area (TPSA) is 47.9 Å². The predicted molar refractivity (Wildman–Crippen MR) is 74.9 cm³/mol. The zero-order chi connectivity index (χ0) is 14.1. The van der Waals surface area contributed by atoms with Crippen LogP contribution < -0.4 is 4.74 Å². The van der Waals surface area contributed by atoms with Gasteiger partial charge in [-0.15, -0.1) is 0 Å². The monoisotopic (exact) mass is 268 g/mol. The summed E-state index contributed by atoms with van der Waals surface area (Å²) < 4.78 is 16.2. The van der Waals surface area contributed by atoms with Crippen LogP contribution in [0.5, 0.6) is 5.75 Å². The van der Waals surface area contributed by atoms with Gasteiger partial charge < -0.3 is 19.3 Å². The van der Waals surface area contributed by atoms with Gasteiger partial charge in [-0.25, -0.2) is 0 Å². The number of ether oxygens (including phenoxy) is 3. The predicted octanol–water partition coefficient (Wildman–Crippen LogP) is 2.02. The highest BCUT2D eigenvalue weighted by molar-refractivity contribution is 5.42. The van der Waals surface area contributed by atoms with E-state index in [0.29, 0.717) is 33.0 Å². The van der Waals surface area contributed by atoms with Crippen LogP contribution in [0.15, 0.2) is 12.1 Å². The van der Waals surface area contributed by atoms with Gasteiger partial charge in [0.05, 0.1) is 33.0 Å². The number of aliphatic hydroxyl groups excluding tert-OH is 1. The normalized spacial score (nSPS) is 10.7. The fraction of sp³-hybridized carbons (Fsp3) is 0.600. The van der Waals surface area contributed by atoms with Gasteiger partial charge in [0.25, 0.3) is 0 Å². The maximum Gasteiger partial charge on any atom is 0.125 e. The molecule has 0 atom stereocenters. The fourth-order valence-electron chi connectivity index (χ4n) is 1.98. The minimum atomic E-state index is 0.0507. The molecule has 0 aliphatic heterocycles. The molecule has 0 aliphatic rings. The van der Waals surface area contributed by atoms with Crippen molar-refractivity contribution in [3.05, 3.63) is 28.8 Å². The summed E-state index contributed by atoms with van der Waals surface area (Å²) in [7, 11) is 0. The number of aliphatic hydroxyl groups is 1. The molecule has 1 rings (SSSR count). The van der Waals surface area contributed by atoms with E-state index < -0.39 is 0 Å². The minimum absolute atomic E-state index is 0.0507. The van der Waals surface area contributed by atoms with Gasteiger partial charge >= 0.3 is 0 Å². The average molecular weight is 268 g/mol. The van der Waals surface area contributed by atoms with Crippen LogP contribution in [-0.4, -0.2) is 44.7 Å². The van der Waals surface area contributed by atoms with Crippen molar-refractivity contribution in [3.8, 4) is 5.75 Å². The highest BCUT2D eigenvalue weighted by atomic mass is 16.5. The zero-order valence-corrected chi connectivity index (χ0v) is 12.1. The molecule has 0 aliphatic carbocycles. The van der Waals surface area contributed by atoms with E-state index in [0.717, 1.165) is 16.9 Å². The molecule has 1 aromatic rings. The van der Waals surface area contributed by atoms with Crippen LogP contribution in [0, 0.1) is 20.8 Å². The summed E-state index contributed by atoms with van der Waals surface area (Å²) in [5.74, 6) is 0.950. The SMILES string of the molecule is Cc1cc(C)c(OCCOCCOCCO)c(C)c1. The maximum absolute atomic E-state index is 8.52. The molecule has 4 nitrogen and oxygen atoms in total. The van der Waals surface area contributed by atoms with Crippen molar-refractivity contribution in [2.45, 2.75) is 20.8 Å². The van der Waals surface area contributed by atoms with E-state index in [9.17, 15) is 0 Å². The highest BCUT2D eigenvalue weighted by Gasteiger charge is 2.04. The molecular formula is C15H24O4. The van der Waals surface area contributed by atoms with Crippen LogP contribution in [0.25, 0.3) is 0 Å². The molecular weight excluding hydrogens is 244 g/mol. The van der Waals surface area contributed by atoms with Gasteiger partial charge in [-0.2, -0.15) is 0 Å². The van der Waals surface area contributed by atoms with Crippen molar-refractivity contribution in [1.82, 2.24) is 0 Å². The van der Waals surface area contributed by atoms with Gasteiger partial charge in [0.15, 0.2) is 0 Å². The van der Waals surface area contributed by atoms with Crippen molar-refractivity contribution >= 4 is 0 Å². The van der Waals surface area contributed by atoms with Gasteiger partial charge in [0, 0.05) is 0 Å². The first-order valence-corrected chi connectivity index (χ1v) is 6.62. The van der Waals surface area contributed by atoms with Gasteiger partial charge in [-0.3, -0.25) is 0 Å². The first-order valence-electron chi connectivity index (χ1n) is 6.62. The van der Waals surface area contributed by atoms with Crippen LogP contribution >= 0.6 is 0 Å². The van der Waals surface area contributed by atoms with Gasteiger partial charge in [-0.1, -0.05) is 17.7 Å². The van der Waals surface area contributed by atoms with Crippen molar-refractivity contribution in [2.24, 2.45) is 0 Å². The van der Waals surface area contributed by atoms with Crippen LogP contribution in [-0.2, 0) is 9.47 Å².